The van der Waals surface area contributed by atoms with Gasteiger partial charge in [0.05, 0.1) is 6.07 Å². The van der Waals surface area contributed by atoms with E-state index in [1.165, 1.54) is 0 Å². The quantitative estimate of drug-likeness (QED) is 0.771. The van der Waals surface area contributed by atoms with Gasteiger partial charge in [-0.3, -0.25) is 0 Å². The Labute approximate surface area is 109 Å². The summed E-state index contributed by atoms with van der Waals surface area (Å²) in [4.78, 5) is 8.68. The number of nitrogens with zero attached hydrogens (tertiary/aromatic N) is 3. The molecule has 1 fully saturated rings. The lowest BCUT2D eigenvalue weighted by Crippen LogP contribution is -2.46. The summed E-state index contributed by atoms with van der Waals surface area (Å²) in [6.45, 7) is 1.80. The third kappa shape index (κ3) is 1.47. The Hall–Kier alpha value is -1.48. The van der Waals surface area contributed by atoms with Crippen molar-refractivity contribution in [3.63, 3.8) is 0 Å². The van der Waals surface area contributed by atoms with Crippen LogP contribution < -0.4 is 5.73 Å². The van der Waals surface area contributed by atoms with Crippen molar-refractivity contribution in [1.29, 1.82) is 5.26 Å². The molecule has 6 heteroatoms. The van der Waals surface area contributed by atoms with E-state index in [0.717, 1.165) is 30.0 Å². The standard InChI is InChI=1S/C12H14N4OS/c1-7-15-9-11(17-7)16-10(14)8(6-13)12(9)2-4-18-5-3-12/h8H,2-5H2,1H3,(H2,14,16). The van der Waals surface area contributed by atoms with E-state index in [2.05, 4.69) is 16.0 Å². The predicted molar refractivity (Wildman–Crippen MR) is 69.9 cm³/mol. The number of aryl methyl sites for hydroxylation is 1. The monoisotopic (exact) mass is 262 g/mol. The average Bonchev–Trinajstić information content (AvgIpc) is 2.72. The Kier molecular flexibility index (Phi) is 2.59. The summed E-state index contributed by atoms with van der Waals surface area (Å²) in [5, 5.41) is 9.44. The van der Waals surface area contributed by atoms with Crippen LogP contribution in [-0.4, -0.2) is 22.3 Å². The molecule has 94 valence electrons. The molecular formula is C12H14N4OS. The zero-order valence-corrected chi connectivity index (χ0v) is 11.0. The predicted octanol–water partition coefficient (Wildman–Crippen LogP) is 1.89. The second-order valence-electron chi connectivity index (χ2n) is 4.75. The molecule has 1 spiro atoms. The number of hydrogen-bond donors (Lipinski definition) is 1. The van der Waals surface area contributed by atoms with Crippen LogP contribution in [-0.2, 0) is 5.41 Å². The van der Waals surface area contributed by atoms with Crippen LogP contribution >= 0.6 is 11.8 Å². The highest BCUT2D eigenvalue weighted by Crippen LogP contribution is 2.49. The van der Waals surface area contributed by atoms with Gasteiger partial charge >= 0.3 is 0 Å². The first-order chi connectivity index (χ1) is 8.67. The van der Waals surface area contributed by atoms with Gasteiger partial charge in [0.25, 0.3) is 0 Å². The smallest absolute Gasteiger partial charge is 0.245 e. The van der Waals surface area contributed by atoms with E-state index in [1.54, 1.807) is 6.92 Å². The fraction of sp³-hybridized carbons (Fsp3) is 0.583. The number of rotatable bonds is 0. The van der Waals surface area contributed by atoms with Crippen LogP contribution in [0.4, 0.5) is 5.88 Å². The van der Waals surface area contributed by atoms with E-state index in [9.17, 15) is 5.26 Å². The van der Waals surface area contributed by atoms with Crippen molar-refractivity contribution >= 4 is 23.5 Å². The largest absolute Gasteiger partial charge is 0.423 e. The maximum Gasteiger partial charge on any atom is 0.245 e. The molecule has 3 rings (SSSR count). The van der Waals surface area contributed by atoms with E-state index in [0.29, 0.717) is 17.6 Å². The summed E-state index contributed by atoms with van der Waals surface area (Å²) in [7, 11) is 0. The van der Waals surface area contributed by atoms with Gasteiger partial charge in [-0.1, -0.05) is 0 Å². The number of oxazole rings is 1. The van der Waals surface area contributed by atoms with Crippen molar-refractivity contribution in [2.75, 3.05) is 11.5 Å². The van der Waals surface area contributed by atoms with Crippen molar-refractivity contribution in [2.45, 2.75) is 25.2 Å². The van der Waals surface area contributed by atoms with Gasteiger partial charge in [-0.2, -0.15) is 22.0 Å². The average molecular weight is 262 g/mol. The van der Waals surface area contributed by atoms with E-state index >= 15 is 0 Å². The summed E-state index contributed by atoms with van der Waals surface area (Å²) in [5.74, 6) is 3.13. The number of thioether (sulfide) groups is 1. The van der Waals surface area contributed by atoms with Gasteiger partial charge in [0.2, 0.25) is 5.88 Å². The van der Waals surface area contributed by atoms with E-state index in [4.69, 9.17) is 10.2 Å². The van der Waals surface area contributed by atoms with Gasteiger partial charge in [0.15, 0.2) is 5.89 Å². The highest BCUT2D eigenvalue weighted by Gasteiger charge is 2.50. The minimum Gasteiger partial charge on any atom is -0.423 e. The Morgan fingerprint density at radius 3 is 2.89 bits per heavy atom. The number of nitrogens with two attached hydrogens (primary N) is 1. The molecule has 18 heavy (non-hydrogen) atoms. The molecule has 1 aromatic heterocycles. The van der Waals surface area contributed by atoms with Crippen molar-refractivity contribution in [3.05, 3.63) is 11.6 Å². The van der Waals surface area contributed by atoms with Gasteiger partial charge in [-0.05, 0) is 24.3 Å². The number of aromatic nitrogens is 1. The minimum absolute atomic E-state index is 0.293. The summed E-state index contributed by atoms with van der Waals surface area (Å²) >= 11 is 1.91. The van der Waals surface area contributed by atoms with Crippen LogP contribution in [0.25, 0.3) is 0 Å². The molecule has 0 saturated carbocycles. The van der Waals surface area contributed by atoms with Gasteiger partial charge in [0.1, 0.15) is 17.4 Å². The first-order valence-electron chi connectivity index (χ1n) is 5.97. The molecule has 5 nitrogen and oxygen atoms in total. The number of aliphatic imine (C=N–C) groups is 1. The van der Waals surface area contributed by atoms with Crippen LogP contribution in [0.2, 0.25) is 0 Å². The summed E-state index contributed by atoms with van der Waals surface area (Å²) in [5.41, 5.74) is 6.49. The van der Waals surface area contributed by atoms with Crippen LogP contribution in [0, 0.1) is 24.2 Å². The van der Waals surface area contributed by atoms with Crippen LogP contribution in [0.5, 0.6) is 0 Å². The second-order valence-corrected chi connectivity index (χ2v) is 5.98. The normalized spacial score (nSPS) is 25.3. The molecule has 2 aliphatic rings. The molecule has 1 saturated heterocycles. The molecule has 0 aromatic carbocycles. The third-order valence-electron chi connectivity index (χ3n) is 3.78. The van der Waals surface area contributed by atoms with Crippen molar-refractivity contribution in [1.82, 2.24) is 4.98 Å². The molecular weight excluding hydrogens is 248 g/mol. The molecule has 1 aromatic rings. The first kappa shape index (κ1) is 11.6. The number of nitriles is 1. The molecule has 0 amide bonds. The van der Waals surface area contributed by atoms with Crippen molar-refractivity contribution < 1.29 is 4.42 Å². The molecule has 0 radical (unpaired) electrons. The zero-order chi connectivity index (χ0) is 12.8. The Morgan fingerprint density at radius 1 is 1.50 bits per heavy atom. The Balaban J connectivity index is 2.19. The van der Waals surface area contributed by atoms with E-state index in [-0.39, 0.29) is 11.3 Å². The fourth-order valence-electron chi connectivity index (χ4n) is 2.87. The number of amidine groups is 1. The topological polar surface area (TPSA) is 88.2 Å². The SMILES string of the molecule is Cc1nc2c(o1)N=C(N)C(C#N)C21CCSCC1. The maximum absolute atomic E-state index is 9.44. The molecule has 0 bridgehead atoms. The molecule has 1 atom stereocenters. The minimum atomic E-state index is -0.379. The molecule has 2 aliphatic heterocycles. The fourth-order valence-corrected chi connectivity index (χ4v) is 4.09. The molecule has 1 unspecified atom stereocenters. The van der Waals surface area contributed by atoms with Crippen LogP contribution in [0.3, 0.4) is 0 Å². The van der Waals surface area contributed by atoms with Gasteiger partial charge in [-0.15, -0.1) is 0 Å². The Bertz CT molecular complexity index is 551. The van der Waals surface area contributed by atoms with E-state index < -0.39 is 0 Å². The number of fused-ring (bicyclic) bond motifs is 2. The lowest BCUT2D eigenvalue weighted by Gasteiger charge is -2.40. The molecule has 3 heterocycles. The third-order valence-corrected chi connectivity index (χ3v) is 4.77. The van der Waals surface area contributed by atoms with Gasteiger partial charge < -0.3 is 10.2 Å². The second kappa shape index (κ2) is 4.02. The van der Waals surface area contributed by atoms with Crippen molar-refractivity contribution in [2.24, 2.45) is 16.6 Å². The van der Waals surface area contributed by atoms with Crippen molar-refractivity contribution in [3.8, 4) is 6.07 Å². The number of hydrogen-bond acceptors (Lipinski definition) is 6. The lowest BCUT2D eigenvalue weighted by molar-refractivity contribution is 0.338. The summed E-state index contributed by atoms with van der Waals surface area (Å²) < 4.78 is 5.50. The summed E-state index contributed by atoms with van der Waals surface area (Å²) in [6, 6.07) is 2.32. The van der Waals surface area contributed by atoms with Gasteiger partial charge in [-0.25, -0.2) is 4.98 Å². The lowest BCUT2D eigenvalue weighted by atomic mass is 9.67. The highest BCUT2D eigenvalue weighted by atomic mass is 32.2. The maximum atomic E-state index is 9.44. The zero-order valence-electron chi connectivity index (χ0n) is 10.1. The highest BCUT2D eigenvalue weighted by molar-refractivity contribution is 7.99. The molecule has 2 N–H and O–H groups in total. The van der Waals surface area contributed by atoms with Crippen LogP contribution in [0.1, 0.15) is 24.4 Å². The first-order valence-corrected chi connectivity index (χ1v) is 7.12. The molecule has 0 aliphatic carbocycles. The van der Waals surface area contributed by atoms with Gasteiger partial charge in [0, 0.05) is 12.3 Å². The Morgan fingerprint density at radius 2 is 2.22 bits per heavy atom. The van der Waals surface area contributed by atoms with E-state index in [1.807, 2.05) is 11.8 Å². The van der Waals surface area contributed by atoms with Crippen LogP contribution in [0.15, 0.2) is 9.41 Å². The summed E-state index contributed by atoms with van der Waals surface area (Å²) in [6.07, 6.45) is 1.82.